The van der Waals surface area contributed by atoms with E-state index in [2.05, 4.69) is 5.32 Å². The van der Waals surface area contributed by atoms with Gasteiger partial charge in [0.15, 0.2) is 0 Å². The number of hydrogen-bond acceptors (Lipinski definition) is 5. The summed E-state index contributed by atoms with van der Waals surface area (Å²) in [4.78, 5) is 25.3. The van der Waals surface area contributed by atoms with Crippen molar-refractivity contribution in [2.45, 2.75) is 48.7 Å². The molecule has 0 radical (unpaired) electrons. The quantitative estimate of drug-likeness (QED) is 0.309. The van der Waals surface area contributed by atoms with Crippen molar-refractivity contribution in [2.75, 3.05) is 7.11 Å². The van der Waals surface area contributed by atoms with E-state index < -0.39 is 23.4 Å². The van der Waals surface area contributed by atoms with Crippen molar-refractivity contribution in [2.24, 2.45) is 5.92 Å². The number of alkyl halides is 3. The van der Waals surface area contributed by atoms with Crippen LogP contribution in [0.2, 0.25) is 0 Å². The molecule has 6 nitrogen and oxygen atoms in total. The number of aliphatic carboxylic acids is 1. The zero-order valence-electron chi connectivity index (χ0n) is 20.0. The highest BCUT2D eigenvalue weighted by Crippen LogP contribution is 2.37. The largest absolute Gasteiger partial charge is 0.497 e. The number of carboxylic acids is 1. The van der Waals surface area contributed by atoms with Gasteiger partial charge in [0.25, 0.3) is 5.91 Å². The molecule has 0 aromatic heterocycles. The van der Waals surface area contributed by atoms with Gasteiger partial charge in [0.05, 0.1) is 12.7 Å². The van der Waals surface area contributed by atoms with Gasteiger partial charge in [-0.25, -0.2) is 4.79 Å². The standard InChI is InChI=1S/C27H26F3NO5S/c1-35-19-9-13-21-18(14-19)8-12-22(25(32)31-23(26(33)34)17-4-2-3-5-17)24(21)36-15-16-6-10-20(11-7-16)37-27(28,29)30/h6-14,17,23H,2-5,15H2,1H3,(H,31,32)(H,33,34). The normalized spacial score (nSPS) is 14.9. The van der Waals surface area contributed by atoms with Crippen LogP contribution in [-0.2, 0) is 11.4 Å². The molecule has 0 bridgehead atoms. The topological polar surface area (TPSA) is 84.9 Å². The maximum Gasteiger partial charge on any atom is 0.446 e. The van der Waals surface area contributed by atoms with Gasteiger partial charge in [-0.05, 0) is 77.9 Å². The fraction of sp³-hybridized carbons (Fsp3) is 0.333. The second kappa shape index (κ2) is 11.3. The molecule has 0 spiro atoms. The second-order valence-corrected chi connectivity index (χ2v) is 9.98. The lowest BCUT2D eigenvalue weighted by Crippen LogP contribution is -2.45. The summed E-state index contributed by atoms with van der Waals surface area (Å²) in [6, 6.07) is 13.3. The molecule has 3 aromatic carbocycles. The zero-order valence-corrected chi connectivity index (χ0v) is 20.8. The molecule has 3 aromatic rings. The smallest absolute Gasteiger partial charge is 0.446 e. The SMILES string of the molecule is COc1ccc2c(OCc3ccc(SC(F)(F)F)cc3)c(C(=O)NC(C(=O)O)C3CCCC3)ccc2c1. The molecule has 1 aliphatic rings. The molecule has 10 heteroatoms. The fourth-order valence-electron chi connectivity index (χ4n) is 4.57. The van der Waals surface area contributed by atoms with Gasteiger partial charge in [0, 0.05) is 10.3 Å². The van der Waals surface area contributed by atoms with E-state index in [0.29, 0.717) is 16.7 Å². The van der Waals surface area contributed by atoms with Crippen LogP contribution in [0.4, 0.5) is 13.2 Å². The Kier molecular flexibility index (Phi) is 8.16. The molecular formula is C27H26F3NO5S. The number of carboxylic acid groups (broad SMARTS) is 1. The van der Waals surface area contributed by atoms with E-state index in [1.54, 1.807) is 30.3 Å². The molecule has 1 unspecified atom stereocenters. The highest BCUT2D eigenvalue weighted by atomic mass is 32.2. The zero-order chi connectivity index (χ0) is 26.6. The lowest BCUT2D eigenvalue weighted by atomic mass is 9.97. The number of fused-ring (bicyclic) bond motifs is 1. The first-order valence-corrected chi connectivity index (χ1v) is 12.6. The van der Waals surface area contributed by atoms with E-state index in [0.717, 1.165) is 31.1 Å². The minimum atomic E-state index is -4.38. The molecule has 1 aliphatic carbocycles. The van der Waals surface area contributed by atoms with Crippen molar-refractivity contribution in [1.82, 2.24) is 5.32 Å². The van der Waals surface area contributed by atoms with Crippen LogP contribution < -0.4 is 14.8 Å². The van der Waals surface area contributed by atoms with E-state index in [9.17, 15) is 27.9 Å². The molecule has 4 rings (SSSR count). The Morgan fingerprint density at radius 1 is 1.08 bits per heavy atom. The maximum atomic E-state index is 13.3. The van der Waals surface area contributed by atoms with Gasteiger partial charge in [-0.2, -0.15) is 13.2 Å². The van der Waals surface area contributed by atoms with Gasteiger partial charge in [0.2, 0.25) is 0 Å². The number of ether oxygens (including phenoxy) is 2. The van der Waals surface area contributed by atoms with E-state index in [-0.39, 0.29) is 40.5 Å². The van der Waals surface area contributed by atoms with Crippen molar-refractivity contribution in [3.8, 4) is 11.5 Å². The Labute approximate surface area is 216 Å². The second-order valence-electron chi connectivity index (χ2n) is 8.84. The first kappa shape index (κ1) is 26.7. The average Bonchev–Trinajstić information content (AvgIpc) is 3.39. The highest BCUT2D eigenvalue weighted by Gasteiger charge is 2.33. The summed E-state index contributed by atoms with van der Waals surface area (Å²) in [5.41, 5.74) is -3.60. The van der Waals surface area contributed by atoms with Crippen molar-refractivity contribution >= 4 is 34.4 Å². The Balaban J connectivity index is 1.62. The predicted octanol–water partition coefficient (Wildman–Crippen LogP) is 6.41. The van der Waals surface area contributed by atoms with Crippen molar-refractivity contribution < 1.29 is 37.3 Å². The van der Waals surface area contributed by atoms with Gasteiger partial charge < -0.3 is 19.9 Å². The minimum Gasteiger partial charge on any atom is -0.497 e. The number of hydrogen-bond donors (Lipinski definition) is 2. The first-order valence-electron chi connectivity index (χ1n) is 11.8. The average molecular weight is 534 g/mol. The van der Waals surface area contributed by atoms with E-state index in [1.807, 2.05) is 0 Å². The first-order chi connectivity index (χ1) is 17.6. The Hall–Kier alpha value is -3.40. The highest BCUT2D eigenvalue weighted by molar-refractivity contribution is 8.00. The third-order valence-electron chi connectivity index (χ3n) is 6.39. The number of thioether (sulfide) groups is 1. The molecule has 0 heterocycles. The van der Waals surface area contributed by atoms with Crippen molar-refractivity contribution in [1.29, 1.82) is 0 Å². The van der Waals surface area contributed by atoms with Crippen LogP contribution in [0.1, 0.15) is 41.6 Å². The van der Waals surface area contributed by atoms with Crippen LogP contribution in [0.15, 0.2) is 59.5 Å². The van der Waals surface area contributed by atoms with Gasteiger partial charge >= 0.3 is 11.5 Å². The van der Waals surface area contributed by atoms with Crippen LogP contribution in [0.25, 0.3) is 10.8 Å². The number of halogens is 3. The third kappa shape index (κ3) is 6.68. The Morgan fingerprint density at radius 3 is 2.41 bits per heavy atom. The summed E-state index contributed by atoms with van der Waals surface area (Å²) in [5.74, 6) is -0.917. The van der Waals surface area contributed by atoms with E-state index in [4.69, 9.17) is 9.47 Å². The van der Waals surface area contributed by atoms with Crippen LogP contribution in [-0.4, -0.2) is 35.6 Å². The molecule has 1 atom stereocenters. The lowest BCUT2D eigenvalue weighted by Gasteiger charge is -2.22. The summed E-state index contributed by atoms with van der Waals surface area (Å²) in [6.07, 6.45) is 3.33. The molecule has 196 valence electrons. The fourth-order valence-corrected chi connectivity index (χ4v) is 5.11. The minimum absolute atomic E-state index is 0.00658. The van der Waals surface area contributed by atoms with Gasteiger partial charge in [-0.15, -0.1) is 0 Å². The molecule has 37 heavy (non-hydrogen) atoms. The summed E-state index contributed by atoms with van der Waals surface area (Å²) < 4.78 is 49.2. The predicted molar refractivity (Wildman–Crippen MR) is 134 cm³/mol. The molecule has 1 fully saturated rings. The van der Waals surface area contributed by atoms with Crippen LogP contribution >= 0.6 is 11.8 Å². The molecule has 0 aliphatic heterocycles. The monoisotopic (exact) mass is 533 g/mol. The molecule has 0 saturated heterocycles. The molecule has 2 N–H and O–H groups in total. The number of rotatable bonds is 9. The maximum absolute atomic E-state index is 13.3. The van der Waals surface area contributed by atoms with E-state index >= 15 is 0 Å². The van der Waals surface area contributed by atoms with Gasteiger partial charge in [0.1, 0.15) is 24.1 Å². The number of carbonyl (C=O) groups is 2. The number of benzene rings is 3. The summed E-state index contributed by atoms with van der Waals surface area (Å²) >= 11 is -0.200. The number of methoxy groups -OCH3 is 1. The van der Waals surface area contributed by atoms with Crippen molar-refractivity contribution in [3.63, 3.8) is 0 Å². The van der Waals surface area contributed by atoms with Gasteiger partial charge in [-0.1, -0.05) is 31.0 Å². The Morgan fingerprint density at radius 2 is 1.78 bits per heavy atom. The molecule has 1 amide bonds. The molecular weight excluding hydrogens is 507 g/mol. The summed E-state index contributed by atoms with van der Waals surface area (Å²) in [7, 11) is 1.54. The third-order valence-corrected chi connectivity index (χ3v) is 7.13. The van der Waals surface area contributed by atoms with Gasteiger partial charge in [-0.3, -0.25) is 4.79 Å². The summed E-state index contributed by atoms with van der Waals surface area (Å²) in [5, 5.41) is 13.8. The Bertz CT molecular complexity index is 1270. The number of amides is 1. The van der Waals surface area contributed by atoms with Crippen molar-refractivity contribution in [3.05, 3.63) is 65.7 Å². The lowest BCUT2D eigenvalue weighted by molar-refractivity contribution is -0.140. The van der Waals surface area contributed by atoms with Crippen LogP contribution in [0, 0.1) is 5.92 Å². The van der Waals surface area contributed by atoms with E-state index in [1.165, 1.54) is 31.4 Å². The number of nitrogens with one attached hydrogen (secondary N) is 1. The molecule has 1 saturated carbocycles. The van der Waals surface area contributed by atoms with Crippen LogP contribution in [0.5, 0.6) is 11.5 Å². The number of carbonyl (C=O) groups excluding carboxylic acids is 1. The van der Waals surface area contributed by atoms with Crippen LogP contribution in [0.3, 0.4) is 0 Å². The summed E-state index contributed by atoms with van der Waals surface area (Å²) in [6.45, 7) is -0.00658.